The van der Waals surface area contributed by atoms with Crippen LogP contribution >= 0.6 is 12.4 Å². The number of benzene rings is 1. The number of carbonyl (C=O) groups excluding carboxylic acids is 1. The number of nitrogens with one attached hydrogen (secondary N) is 2. The van der Waals surface area contributed by atoms with Crippen molar-refractivity contribution < 1.29 is 9.53 Å². The van der Waals surface area contributed by atoms with Gasteiger partial charge < -0.3 is 15.4 Å². The fourth-order valence-electron chi connectivity index (χ4n) is 2.46. The second-order valence-electron chi connectivity index (χ2n) is 5.35. The number of hydrogen-bond donors (Lipinski definition) is 2. The van der Waals surface area contributed by atoms with Crippen molar-refractivity contribution in [2.45, 2.75) is 45.2 Å². The van der Waals surface area contributed by atoms with Crippen molar-refractivity contribution in [3.63, 3.8) is 0 Å². The van der Waals surface area contributed by atoms with Crippen LogP contribution in [0.25, 0.3) is 0 Å². The number of hydrogen-bond acceptors (Lipinski definition) is 3. The van der Waals surface area contributed by atoms with Gasteiger partial charge in [0.15, 0.2) is 6.61 Å². The molecule has 21 heavy (non-hydrogen) atoms. The van der Waals surface area contributed by atoms with Crippen LogP contribution < -0.4 is 15.4 Å². The smallest absolute Gasteiger partial charge is 0.258 e. The molecule has 2 atom stereocenters. The summed E-state index contributed by atoms with van der Waals surface area (Å²) in [4.78, 5) is 11.9. The van der Waals surface area contributed by atoms with Gasteiger partial charge in [0.2, 0.25) is 0 Å². The van der Waals surface area contributed by atoms with Gasteiger partial charge in [-0.1, -0.05) is 19.1 Å². The fourth-order valence-corrected chi connectivity index (χ4v) is 2.46. The molecule has 2 rings (SSSR count). The molecule has 4 nitrogen and oxygen atoms in total. The highest BCUT2D eigenvalue weighted by molar-refractivity contribution is 5.85. The van der Waals surface area contributed by atoms with Crippen molar-refractivity contribution in [1.82, 2.24) is 10.6 Å². The Labute approximate surface area is 133 Å². The van der Waals surface area contributed by atoms with Crippen LogP contribution in [-0.4, -0.2) is 31.1 Å². The van der Waals surface area contributed by atoms with E-state index in [0.29, 0.717) is 6.04 Å². The van der Waals surface area contributed by atoms with Gasteiger partial charge in [0.05, 0.1) is 0 Å². The summed E-state index contributed by atoms with van der Waals surface area (Å²) < 4.78 is 5.51. The van der Waals surface area contributed by atoms with Crippen molar-refractivity contribution in [3.05, 3.63) is 29.8 Å². The highest BCUT2D eigenvalue weighted by atomic mass is 35.5. The molecule has 118 valence electrons. The van der Waals surface area contributed by atoms with E-state index >= 15 is 0 Å². The Balaban J connectivity index is 0.00000220. The van der Waals surface area contributed by atoms with E-state index in [1.165, 1.54) is 5.56 Å². The van der Waals surface area contributed by atoms with Gasteiger partial charge in [-0.05, 0) is 50.4 Å². The molecule has 1 saturated heterocycles. The topological polar surface area (TPSA) is 50.4 Å². The lowest BCUT2D eigenvalue weighted by Gasteiger charge is -2.30. The number of carbonyl (C=O) groups is 1. The molecule has 2 N–H and O–H groups in total. The Hall–Kier alpha value is -1.26. The van der Waals surface area contributed by atoms with Crippen LogP contribution in [0.4, 0.5) is 0 Å². The van der Waals surface area contributed by atoms with E-state index in [9.17, 15) is 4.79 Å². The van der Waals surface area contributed by atoms with Gasteiger partial charge in [-0.3, -0.25) is 4.79 Å². The van der Waals surface area contributed by atoms with Crippen LogP contribution in [0.1, 0.15) is 32.3 Å². The summed E-state index contributed by atoms with van der Waals surface area (Å²) in [6, 6.07) is 8.42. The number of aryl methyl sites for hydroxylation is 1. The molecular weight excluding hydrogens is 288 g/mol. The quantitative estimate of drug-likeness (QED) is 0.877. The number of ether oxygens (including phenoxy) is 1. The Morgan fingerprint density at radius 2 is 2.10 bits per heavy atom. The van der Waals surface area contributed by atoms with E-state index in [1.807, 2.05) is 24.3 Å². The van der Waals surface area contributed by atoms with Crippen molar-refractivity contribution in [2.75, 3.05) is 13.2 Å². The molecule has 1 aliphatic heterocycles. The summed E-state index contributed by atoms with van der Waals surface area (Å²) >= 11 is 0. The molecule has 1 aromatic rings. The molecular formula is C16H25ClN2O2. The second-order valence-corrected chi connectivity index (χ2v) is 5.35. The summed E-state index contributed by atoms with van der Waals surface area (Å²) in [5.74, 6) is 0.692. The number of halogens is 1. The standard InChI is InChI=1S/C16H24N2O2.ClH/c1-3-13-6-8-14(9-7-13)20-11-16(19)18-15-5-4-10-17-12(15)2;/h6-9,12,15,17H,3-5,10-11H2,1-2H3,(H,18,19);1H. The third-order valence-corrected chi connectivity index (χ3v) is 3.81. The van der Waals surface area contributed by atoms with Crippen LogP contribution in [0.15, 0.2) is 24.3 Å². The normalized spacial score (nSPS) is 21.2. The summed E-state index contributed by atoms with van der Waals surface area (Å²) in [5, 5.41) is 6.40. The van der Waals surface area contributed by atoms with Gasteiger partial charge in [-0.25, -0.2) is 0 Å². The van der Waals surface area contributed by atoms with E-state index in [0.717, 1.165) is 31.6 Å². The molecule has 1 aromatic carbocycles. The number of rotatable bonds is 5. The lowest BCUT2D eigenvalue weighted by Crippen LogP contribution is -2.52. The summed E-state index contributed by atoms with van der Waals surface area (Å²) in [5.41, 5.74) is 1.27. The van der Waals surface area contributed by atoms with E-state index in [2.05, 4.69) is 24.5 Å². The minimum atomic E-state index is -0.0508. The van der Waals surface area contributed by atoms with E-state index < -0.39 is 0 Å². The molecule has 0 bridgehead atoms. The Morgan fingerprint density at radius 3 is 2.71 bits per heavy atom. The van der Waals surface area contributed by atoms with Gasteiger partial charge >= 0.3 is 0 Å². The third kappa shape index (κ3) is 5.56. The predicted octanol–water partition coefficient (Wildman–Crippen LogP) is 2.31. The van der Waals surface area contributed by atoms with Gasteiger partial charge in [0.25, 0.3) is 5.91 Å². The number of amides is 1. The van der Waals surface area contributed by atoms with Gasteiger partial charge in [0.1, 0.15) is 5.75 Å². The third-order valence-electron chi connectivity index (χ3n) is 3.81. The van der Waals surface area contributed by atoms with Crippen LogP contribution in [0.5, 0.6) is 5.75 Å². The molecule has 0 radical (unpaired) electrons. The molecule has 1 heterocycles. The highest BCUT2D eigenvalue weighted by Gasteiger charge is 2.22. The van der Waals surface area contributed by atoms with Crippen molar-refractivity contribution in [2.24, 2.45) is 0 Å². The zero-order chi connectivity index (χ0) is 14.4. The minimum absolute atomic E-state index is 0. The highest BCUT2D eigenvalue weighted by Crippen LogP contribution is 2.12. The Morgan fingerprint density at radius 1 is 1.38 bits per heavy atom. The maximum atomic E-state index is 11.9. The van der Waals surface area contributed by atoms with Crippen LogP contribution in [0.2, 0.25) is 0 Å². The first-order valence-electron chi connectivity index (χ1n) is 7.43. The largest absolute Gasteiger partial charge is 0.484 e. The molecule has 1 fully saturated rings. The first-order valence-corrected chi connectivity index (χ1v) is 7.43. The first-order chi connectivity index (χ1) is 9.69. The van der Waals surface area contributed by atoms with Crippen LogP contribution in [0.3, 0.4) is 0 Å². The Bertz CT molecular complexity index is 436. The molecule has 0 aliphatic carbocycles. The maximum absolute atomic E-state index is 11.9. The van der Waals surface area contributed by atoms with Crippen molar-refractivity contribution >= 4 is 18.3 Å². The molecule has 1 amide bonds. The fraction of sp³-hybridized carbons (Fsp3) is 0.562. The first kappa shape index (κ1) is 17.8. The summed E-state index contributed by atoms with van der Waals surface area (Å²) in [6.45, 7) is 5.33. The monoisotopic (exact) mass is 312 g/mol. The minimum Gasteiger partial charge on any atom is -0.484 e. The molecule has 5 heteroatoms. The maximum Gasteiger partial charge on any atom is 0.258 e. The lowest BCUT2D eigenvalue weighted by atomic mass is 10.00. The van der Waals surface area contributed by atoms with Crippen LogP contribution in [0, 0.1) is 0 Å². The SMILES string of the molecule is CCc1ccc(OCC(=O)NC2CCCNC2C)cc1.Cl. The van der Waals surface area contributed by atoms with E-state index in [1.54, 1.807) is 0 Å². The zero-order valence-electron chi connectivity index (χ0n) is 12.7. The van der Waals surface area contributed by atoms with Gasteiger partial charge in [0, 0.05) is 12.1 Å². The molecule has 0 aromatic heterocycles. The van der Waals surface area contributed by atoms with Gasteiger partial charge in [-0.2, -0.15) is 0 Å². The van der Waals surface area contributed by atoms with Crippen molar-refractivity contribution in [3.8, 4) is 5.75 Å². The lowest BCUT2D eigenvalue weighted by molar-refractivity contribution is -0.124. The second kappa shape index (κ2) is 8.90. The molecule has 2 unspecified atom stereocenters. The molecule has 0 saturated carbocycles. The van der Waals surface area contributed by atoms with Crippen LogP contribution in [-0.2, 0) is 11.2 Å². The predicted molar refractivity (Wildman–Crippen MR) is 87.2 cm³/mol. The molecule has 0 spiro atoms. The summed E-state index contributed by atoms with van der Waals surface area (Å²) in [6.07, 6.45) is 3.15. The Kier molecular flexibility index (Phi) is 7.54. The van der Waals surface area contributed by atoms with Gasteiger partial charge in [-0.15, -0.1) is 12.4 Å². The summed E-state index contributed by atoms with van der Waals surface area (Å²) in [7, 11) is 0. The zero-order valence-corrected chi connectivity index (χ0v) is 13.5. The average Bonchev–Trinajstić information content (AvgIpc) is 2.48. The van der Waals surface area contributed by atoms with E-state index in [-0.39, 0.29) is 31.0 Å². The molecule has 1 aliphatic rings. The van der Waals surface area contributed by atoms with Crippen molar-refractivity contribution in [1.29, 1.82) is 0 Å². The number of piperidine rings is 1. The average molecular weight is 313 g/mol. The van der Waals surface area contributed by atoms with E-state index in [4.69, 9.17) is 4.74 Å².